The fraction of sp³-hybridized carbons (Fsp3) is 0.200. The van der Waals surface area contributed by atoms with Crippen molar-refractivity contribution in [2.24, 2.45) is 5.73 Å². The van der Waals surface area contributed by atoms with E-state index >= 15 is 0 Å². The molecule has 0 amide bonds. The number of hydrogen-bond donors (Lipinski definition) is 1. The van der Waals surface area contributed by atoms with Crippen LogP contribution in [0.25, 0.3) is 0 Å². The zero-order chi connectivity index (χ0) is 13.1. The highest BCUT2D eigenvalue weighted by Gasteiger charge is 2.10. The Morgan fingerprint density at radius 2 is 1.83 bits per heavy atom. The van der Waals surface area contributed by atoms with Gasteiger partial charge < -0.3 is 5.73 Å². The van der Waals surface area contributed by atoms with Crippen molar-refractivity contribution < 1.29 is 4.39 Å². The standard InChI is InChI=1S/C15H15ClFN/c1-10-2-7-13(17)9-14(10)15(18)8-11-3-5-12(16)6-4-11/h2-7,9,15H,8,18H2,1H3. The summed E-state index contributed by atoms with van der Waals surface area (Å²) in [6.07, 6.45) is 0.668. The van der Waals surface area contributed by atoms with Gasteiger partial charge in [-0.2, -0.15) is 0 Å². The molecule has 0 radical (unpaired) electrons. The second-order valence-electron chi connectivity index (χ2n) is 4.44. The Morgan fingerprint density at radius 3 is 2.50 bits per heavy atom. The highest BCUT2D eigenvalue weighted by Crippen LogP contribution is 2.21. The summed E-state index contributed by atoms with van der Waals surface area (Å²) in [5.74, 6) is -0.248. The van der Waals surface area contributed by atoms with Gasteiger partial charge >= 0.3 is 0 Å². The second-order valence-corrected chi connectivity index (χ2v) is 4.87. The Morgan fingerprint density at radius 1 is 1.17 bits per heavy atom. The minimum absolute atomic E-state index is 0.207. The monoisotopic (exact) mass is 263 g/mol. The lowest BCUT2D eigenvalue weighted by Gasteiger charge is -2.15. The van der Waals surface area contributed by atoms with Gasteiger partial charge in [-0.1, -0.05) is 29.8 Å². The van der Waals surface area contributed by atoms with E-state index in [1.165, 1.54) is 12.1 Å². The van der Waals surface area contributed by atoms with Gasteiger partial charge in [0.2, 0.25) is 0 Å². The average molecular weight is 264 g/mol. The molecule has 0 bridgehead atoms. The van der Waals surface area contributed by atoms with Gasteiger partial charge in [0.05, 0.1) is 0 Å². The molecule has 0 spiro atoms. The largest absolute Gasteiger partial charge is 0.324 e. The van der Waals surface area contributed by atoms with E-state index in [-0.39, 0.29) is 11.9 Å². The van der Waals surface area contributed by atoms with Crippen LogP contribution >= 0.6 is 11.6 Å². The molecule has 2 rings (SSSR count). The summed E-state index contributed by atoms with van der Waals surface area (Å²) >= 11 is 5.83. The van der Waals surface area contributed by atoms with Gasteiger partial charge in [-0.15, -0.1) is 0 Å². The topological polar surface area (TPSA) is 26.0 Å². The number of hydrogen-bond acceptors (Lipinski definition) is 1. The van der Waals surface area contributed by atoms with Crippen molar-refractivity contribution in [1.29, 1.82) is 0 Å². The van der Waals surface area contributed by atoms with Crippen molar-refractivity contribution in [3.8, 4) is 0 Å². The molecular weight excluding hydrogens is 249 g/mol. The van der Waals surface area contributed by atoms with E-state index in [4.69, 9.17) is 17.3 Å². The Hall–Kier alpha value is -1.38. The van der Waals surface area contributed by atoms with Gasteiger partial charge in [0.25, 0.3) is 0 Å². The average Bonchev–Trinajstić information content (AvgIpc) is 2.35. The fourth-order valence-electron chi connectivity index (χ4n) is 2.00. The van der Waals surface area contributed by atoms with Crippen LogP contribution in [0.3, 0.4) is 0 Å². The lowest BCUT2D eigenvalue weighted by atomic mass is 9.96. The predicted molar refractivity (Wildman–Crippen MR) is 73.2 cm³/mol. The summed E-state index contributed by atoms with van der Waals surface area (Å²) in [5.41, 5.74) is 9.09. The van der Waals surface area contributed by atoms with E-state index in [9.17, 15) is 4.39 Å². The van der Waals surface area contributed by atoms with Crippen LogP contribution in [0.15, 0.2) is 42.5 Å². The van der Waals surface area contributed by atoms with Crippen LogP contribution in [0.4, 0.5) is 4.39 Å². The number of aryl methyl sites for hydroxylation is 1. The highest BCUT2D eigenvalue weighted by atomic mass is 35.5. The van der Waals surface area contributed by atoms with Crippen LogP contribution in [-0.4, -0.2) is 0 Å². The molecule has 2 aromatic carbocycles. The van der Waals surface area contributed by atoms with Crippen molar-refractivity contribution >= 4 is 11.6 Å². The lowest BCUT2D eigenvalue weighted by Crippen LogP contribution is -2.15. The molecule has 1 nitrogen and oxygen atoms in total. The molecule has 0 heterocycles. The smallest absolute Gasteiger partial charge is 0.123 e. The zero-order valence-electron chi connectivity index (χ0n) is 10.2. The zero-order valence-corrected chi connectivity index (χ0v) is 10.9. The molecule has 0 aliphatic carbocycles. The maximum absolute atomic E-state index is 13.2. The van der Waals surface area contributed by atoms with E-state index in [1.807, 2.05) is 31.2 Å². The van der Waals surface area contributed by atoms with Crippen LogP contribution in [0.5, 0.6) is 0 Å². The third-order valence-electron chi connectivity index (χ3n) is 3.01. The van der Waals surface area contributed by atoms with Crippen molar-refractivity contribution in [1.82, 2.24) is 0 Å². The molecule has 18 heavy (non-hydrogen) atoms. The summed E-state index contributed by atoms with van der Waals surface area (Å²) < 4.78 is 13.2. The normalized spacial score (nSPS) is 12.4. The first-order valence-corrected chi connectivity index (χ1v) is 6.20. The predicted octanol–water partition coefficient (Wildman–Crippen LogP) is 4.03. The fourth-order valence-corrected chi connectivity index (χ4v) is 2.12. The summed E-state index contributed by atoms with van der Waals surface area (Å²) in [6, 6.07) is 12.1. The Balaban J connectivity index is 2.18. The molecule has 0 saturated heterocycles. The van der Waals surface area contributed by atoms with Gasteiger partial charge in [-0.3, -0.25) is 0 Å². The quantitative estimate of drug-likeness (QED) is 0.889. The first-order chi connectivity index (χ1) is 8.56. The Kier molecular flexibility index (Phi) is 4.00. The van der Waals surface area contributed by atoms with Gasteiger partial charge in [-0.25, -0.2) is 4.39 Å². The van der Waals surface area contributed by atoms with E-state index < -0.39 is 0 Å². The van der Waals surface area contributed by atoms with Gasteiger partial charge in [0, 0.05) is 11.1 Å². The first kappa shape index (κ1) is 13.1. The lowest BCUT2D eigenvalue weighted by molar-refractivity contribution is 0.617. The SMILES string of the molecule is Cc1ccc(F)cc1C(N)Cc1ccc(Cl)cc1. The van der Waals surface area contributed by atoms with E-state index in [2.05, 4.69) is 0 Å². The number of nitrogens with two attached hydrogens (primary N) is 1. The minimum atomic E-state index is -0.248. The molecule has 0 fully saturated rings. The van der Waals surface area contributed by atoms with Crippen LogP contribution in [0, 0.1) is 12.7 Å². The van der Waals surface area contributed by atoms with Crippen molar-refractivity contribution in [3.05, 3.63) is 70.0 Å². The third kappa shape index (κ3) is 3.09. The molecule has 2 N–H and O–H groups in total. The molecule has 1 atom stereocenters. The molecule has 2 aromatic rings. The van der Waals surface area contributed by atoms with Gasteiger partial charge in [0.15, 0.2) is 0 Å². The van der Waals surface area contributed by atoms with Gasteiger partial charge in [-0.05, 0) is 54.3 Å². The molecule has 0 saturated carbocycles. The first-order valence-electron chi connectivity index (χ1n) is 5.82. The maximum atomic E-state index is 13.2. The summed E-state index contributed by atoms with van der Waals surface area (Å²) in [7, 11) is 0. The maximum Gasteiger partial charge on any atom is 0.123 e. The molecule has 94 valence electrons. The summed E-state index contributed by atoms with van der Waals surface area (Å²) in [5, 5.41) is 0.703. The molecule has 0 aliphatic rings. The number of halogens is 2. The Bertz CT molecular complexity index is 537. The van der Waals surface area contributed by atoms with Crippen molar-refractivity contribution in [2.45, 2.75) is 19.4 Å². The van der Waals surface area contributed by atoms with Crippen LogP contribution in [0.1, 0.15) is 22.7 Å². The van der Waals surface area contributed by atoms with Crippen LogP contribution in [-0.2, 0) is 6.42 Å². The molecule has 0 aliphatic heterocycles. The van der Waals surface area contributed by atoms with Crippen LogP contribution in [0.2, 0.25) is 5.02 Å². The third-order valence-corrected chi connectivity index (χ3v) is 3.26. The molecule has 1 unspecified atom stereocenters. The summed E-state index contributed by atoms with van der Waals surface area (Å²) in [4.78, 5) is 0. The second kappa shape index (κ2) is 5.51. The van der Waals surface area contributed by atoms with Crippen molar-refractivity contribution in [2.75, 3.05) is 0 Å². The highest BCUT2D eigenvalue weighted by molar-refractivity contribution is 6.30. The van der Waals surface area contributed by atoms with Crippen molar-refractivity contribution in [3.63, 3.8) is 0 Å². The molecule has 3 heteroatoms. The number of benzene rings is 2. The Labute approximate surface area is 111 Å². The van der Waals surface area contributed by atoms with E-state index in [1.54, 1.807) is 6.07 Å². The molecular formula is C15H15ClFN. The van der Waals surface area contributed by atoms with Gasteiger partial charge in [0.1, 0.15) is 5.82 Å². The van der Waals surface area contributed by atoms with E-state index in [0.717, 1.165) is 16.7 Å². The molecule has 0 aromatic heterocycles. The minimum Gasteiger partial charge on any atom is -0.324 e. The summed E-state index contributed by atoms with van der Waals surface area (Å²) in [6.45, 7) is 1.94. The number of rotatable bonds is 3. The van der Waals surface area contributed by atoms with Crippen LogP contribution < -0.4 is 5.73 Å². The van der Waals surface area contributed by atoms with E-state index in [0.29, 0.717) is 11.4 Å².